The van der Waals surface area contributed by atoms with E-state index in [0.29, 0.717) is 0 Å². The second kappa shape index (κ2) is 14.3. The van der Waals surface area contributed by atoms with Crippen LogP contribution in [0.3, 0.4) is 0 Å². The molecule has 11 aromatic rings. The summed E-state index contributed by atoms with van der Waals surface area (Å²) in [5.41, 5.74) is 13.6. The van der Waals surface area contributed by atoms with Gasteiger partial charge in [-0.2, -0.15) is 0 Å². The molecule has 0 amide bonds. The topological polar surface area (TPSA) is 50.4 Å². The maximum absolute atomic E-state index is 6.78. The van der Waals surface area contributed by atoms with Crippen molar-refractivity contribution in [3.8, 4) is 33.5 Å². The van der Waals surface area contributed by atoms with Crippen molar-refractivity contribution < 1.29 is 4.42 Å². The Kier molecular flexibility index (Phi) is 8.26. The van der Waals surface area contributed by atoms with Crippen molar-refractivity contribution in [3.63, 3.8) is 0 Å². The van der Waals surface area contributed by atoms with E-state index in [1.165, 1.54) is 16.2 Å². The number of aliphatic imine (C=N–C) groups is 1. The summed E-state index contributed by atoms with van der Waals surface area (Å²) in [6.45, 7) is 2.17. The minimum absolute atomic E-state index is 0.708. The number of hydrogen-bond donors (Lipinski definition) is 1. The van der Waals surface area contributed by atoms with Crippen LogP contribution >= 0.6 is 0 Å². The first-order valence-electron chi connectivity index (χ1n) is 21.1. The van der Waals surface area contributed by atoms with E-state index in [2.05, 4.69) is 212 Å². The highest BCUT2D eigenvalue weighted by Crippen LogP contribution is 2.44. The van der Waals surface area contributed by atoms with Gasteiger partial charge < -0.3 is 9.73 Å². The molecule has 0 radical (unpaired) electrons. The van der Waals surface area contributed by atoms with Crippen molar-refractivity contribution in [2.24, 2.45) is 4.99 Å². The van der Waals surface area contributed by atoms with Crippen LogP contribution in [0.5, 0.6) is 0 Å². The lowest BCUT2D eigenvalue weighted by atomic mass is 9.92. The number of benzene rings is 9. The van der Waals surface area contributed by atoms with Gasteiger partial charge in [0.15, 0.2) is 11.2 Å². The van der Waals surface area contributed by atoms with Gasteiger partial charge in [-0.3, -0.25) is 4.99 Å². The van der Waals surface area contributed by atoms with E-state index >= 15 is 0 Å². The smallest absolute Gasteiger partial charge is 0.162 e. The van der Waals surface area contributed by atoms with Crippen molar-refractivity contribution in [1.29, 1.82) is 0 Å². The molecule has 4 heteroatoms. The van der Waals surface area contributed by atoms with Crippen molar-refractivity contribution in [2.45, 2.75) is 12.6 Å². The lowest BCUT2D eigenvalue weighted by molar-refractivity contribution is 0.448. The molecule has 0 saturated heterocycles. The van der Waals surface area contributed by atoms with Crippen LogP contribution in [0.4, 0.5) is 0 Å². The molecule has 12 rings (SSSR count). The lowest BCUT2D eigenvalue weighted by Crippen LogP contribution is -2.40. The molecule has 1 atom stereocenters. The van der Waals surface area contributed by atoms with E-state index in [0.717, 1.165) is 99.8 Å². The summed E-state index contributed by atoms with van der Waals surface area (Å²) in [5, 5.41) is 11.8. The molecule has 0 spiro atoms. The van der Waals surface area contributed by atoms with Gasteiger partial charge in [0.25, 0.3) is 0 Å². The van der Waals surface area contributed by atoms with Gasteiger partial charge in [0.2, 0.25) is 0 Å². The molecule has 4 nitrogen and oxygen atoms in total. The van der Waals surface area contributed by atoms with E-state index in [4.69, 9.17) is 14.4 Å². The second-order valence-electron chi connectivity index (χ2n) is 16.3. The van der Waals surface area contributed by atoms with Gasteiger partial charge in [-0.1, -0.05) is 170 Å². The second-order valence-corrected chi connectivity index (χ2v) is 16.3. The maximum atomic E-state index is 6.78. The number of rotatable bonds is 6. The fourth-order valence-corrected chi connectivity index (χ4v) is 9.38. The normalized spacial score (nSPS) is 15.2. The van der Waals surface area contributed by atoms with Gasteiger partial charge in [0.1, 0.15) is 11.3 Å². The van der Waals surface area contributed by atoms with Gasteiger partial charge >= 0.3 is 0 Å². The summed E-state index contributed by atoms with van der Waals surface area (Å²) in [5.74, 6) is 0. The van der Waals surface area contributed by atoms with E-state index < -0.39 is 5.66 Å². The molecule has 0 aliphatic carbocycles. The van der Waals surface area contributed by atoms with Gasteiger partial charge in [0, 0.05) is 27.4 Å². The molecule has 3 heterocycles. The molecule has 292 valence electrons. The Morgan fingerprint density at radius 1 is 0.468 bits per heavy atom. The molecule has 0 fully saturated rings. The number of pyridine rings is 1. The Morgan fingerprint density at radius 3 is 1.87 bits per heavy atom. The van der Waals surface area contributed by atoms with Crippen molar-refractivity contribution in [3.05, 3.63) is 229 Å². The first-order valence-corrected chi connectivity index (χ1v) is 21.1. The van der Waals surface area contributed by atoms with E-state index in [-0.39, 0.29) is 0 Å². The van der Waals surface area contributed by atoms with Gasteiger partial charge in [-0.15, -0.1) is 0 Å². The number of nitrogens with zero attached hydrogens (tertiary/aromatic N) is 2. The average molecular weight is 794 g/mol. The Bertz CT molecular complexity index is 3620. The maximum Gasteiger partial charge on any atom is 0.162 e. The van der Waals surface area contributed by atoms with Crippen LogP contribution in [-0.4, -0.2) is 10.7 Å². The summed E-state index contributed by atoms with van der Waals surface area (Å²) in [6, 6.07) is 73.0. The third-order valence-electron chi connectivity index (χ3n) is 12.4. The minimum atomic E-state index is -0.708. The van der Waals surface area contributed by atoms with Crippen LogP contribution in [0.15, 0.2) is 222 Å². The number of para-hydroxylation sites is 1. The van der Waals surface area contributed by atoms with Crippen LogP contribution in [0.2, 0.25) is 0 Å². The zero-order valence-corrected chi connectivity index (χ0v) is 34.0. The zero-order valence-electron chi connectivity index (χ0n) is 34.0. The molecular weight excluding hydrogens is 755 g/mol. The standard InChI is InChI=1S/C58H39N3O/c1-58(60-52(37-16-4-2-5-17-37)36-53(61-58)38-18-6-3-7-19-38)44-24-15-23-41(33-44)39-21-14-22-40(32-39)42-30-31-51-50(34-42)55-48-28-12-13-29-54(48)62-57(55)56(59-51)49-35-43-20-8-9-25-45(43)46-26-10-11-27-47(46)49/h2-36,60H,1H3. The van der Waals surface area contributed by atoms with Crippen LogP contribution in [0.1, 0.15) is 23.6 Å². The Morgan fingerprint density at radius 2 is 1.08 bits per heavy atom. The summed E-state index contributed by atoms with van der Waals surface area (Å²) in [6.07, 6.45) is 2.16. The Hall–Kier alpha value is -8.08. The SMILES string of the molecule is CC1(c2cccc(-c3cccc(-c4ccc5nc(-c6cc7ccccc7c7ccccc67)c6oc7ccccc7c6c5c4)c3)c2)N=C(c2ccccc2)C=C(c2ccccc2)N1. The molecule has 1 unspecified atom stereocenters. The number of nitrogens with one attached hydrogen (secondary N) is 1. The van der Waals surface area contributed by atoms with Gasteiger partial charge in [-0.25, -0.2) is 4.98 Å². The van der Waals surface area contributed by atoms with Crippen molar-refractivity contribution in [1.82, 2.24) is 10.3 Å². The summed E-state index contributed by atoms with van der Waals surface area (Å²) in [4.78, 5) is 10.8. The highest BCUT2D eigenvalue weighted by Gasteiger charge is 2.31. The van der Waals surface area contributed by atoms with Crippen LogP contribution in [0.25, 0.3) is 93.6 Å². The number of allylic oxidation sites excluding steroid dienone is 1. The molecule has 1 N–H and O–H groups in total. The third-order valence-corrected chi connectivity index (χ3v) is 12.4. The zero-order chi connectivity index (χ0) is 41.2. The van der Waals surface area contributed by atoms with Crippen molar-refractivity contribution >= 4 is 65.8 Å². The Balaban J connectivity index is 0.967. The molecule has 9 aromatic carbocycles. The first kappa shape index (κ1) is 35.8. The third kappa shape index (κ3) is 5.99. The fraction of sp³-hybridized carbons (Fsp3) is 0.0345. The van der Waals surface area contributed by atoms with E-state index in [9.17, 15) is 0 Å². The van der Waals surface area contributed by atoms with E-state index in [1.807, 2.05) is 12.1 Å². The molecule has 2 aromatic heterocycles. The van der Waals surface area contributed by atoms with Gasteiger partial charge in [-0.05, 0) is 110 Å². The van der Waals surface area contributed by atoms with Crippen LogP contribution in [0, 0.1) is 0 Å². The van der Waals surface area contributed by atoms with Crippen LogP contribution < -0.4 is 5.32 Å². The molecule has 1 aliphatic rings. The fourth-order valence-electron chi connectivity index (χ4n) is 9.38. The minimum Gasteiger partial charge on any atom is -0.454 e. The molecular formula is C58H39N3O. The predicted molar refractivity (Wildman–Crippen MR) is 258 cm³/mol. The largest absolute Gasteiger partial charge is 0.454 e. The summed E-state index contributed by atoms with van der Waals surface area (Å²) in [7, 11) is 0. The first-order chi connectivity index (χ1) is 30.6. The van der Waals surface area contributed by atoms with Gasteiger partial charge in [0.05, 0.1) is 11.2 Å². The van der Waals surface area contributed by atoms with Crippen LogP contribution in [-0.2, 0) is 5.66 Å². The summed E-state index contributed by atoms with van der Waals surface area (Å²) >= 11 is 0. The Labute approximate surface area is 359 Å². The quantitative estimate of drug-likeness (QED) is 0.171. The predicted octanol–water partition coefficient (Wildman–Crippen LogP) is 14.7. The number of hydrogen-bond acceptors (Lipinski definition) is 4. The number of aromatic nitrogens is 1. The molecule has 0 saturated carbocycles. The van der Waals surface area contributed by atoms with E-state index in [1.54, 1.807) is 0 Å². The molecule has 62 heavy (non-hydrogen) atoms. The molecule has 0 bridgehead atoms. The highest BCUT2D eigenvalue weighted by molar-refractivity contribution is 6.23. The highest BCUT2D eigenvalue weighted by atomic mass is 16.3. The summed E-state index contributed by atoms with van der Waals surface area (Å²) < 4.78 is 6.78. The number of furan rings is 1. The lowest BCUT2D eigenvalue weighted by Gasteiger charge is -2.34. The van der Waals surface area contributed by atoms with Crippen molar-refractivity contribution in [2.75, 3.05) is 0 Å². The number of fused-ring (bicyclic) bond motifs is 8. The molecule has 1 aliphatic heterocycles. The average Bonchev–Trinajstić information content (AvgIpc) is 3.74. The monoisotopic (exact) mass is 793 g/mol.